The van der Waals surface area contributed by atoms with Crippen LogP contribution in [0, 0.1) is 12.7 Å². The summed E-state index contributed by atoms with van der Waals surface area (Å²) in [7, 11) is 1.06. The third-order valence-electron chi connectivity index (χ3n) is 2.69. The predicted octanol–water partition coefficient (Wildman–Crippen LogP) is 2.58. The van der Waals surface area contributed by atoms with Crippen molar-refractivity contribution in [1.29, 1.82) is 0 Å². The van der Waals surface area contributed by atoms with Gasteiger partial charge in [-0.1, -0.05) is 0 Å². The van der Waals surface area contributed by atoms with E-state index in [0.717, 1.165) is 12.1 Å². The van der Waals surface area contributed by atoms with Crippen LogP contribution >= 0.6 is 10.7 Å². The third kappa shape index (κ3) is 3.83. The van der Waals surface area contributed by atoms with Crippen molar-refractivity contribution in [3.8, 4) is 0 Å². The van der Waals surface area contributed by atoms with Gasteiger partial charge < -0.3 is 9.73 Å². The van der Waals surface area contributed by atoms with Crippen molar-refractivity contribution >= 4 is 25.6 Å². The van der Waals surface area contributed by atoms with Gasteiger partial charge in [0.05, 0.1) is 17.0 Å². The lowest BCUT2D eigenvalue weighted by Gasteiger charge is -2.05. The Bertz CT molecular complexity index is 785. The molecule has 0 saturated carbocycles. The van der Waals surface area contributed by atoms with E-state index in [9.17, 15) is 17.6 Å². The summed E-state index contributed by atoms with van der Waals surface area (Å²) in [4.78, 5) is 11.4. The molecule has 0 aliphatic carbocycles. The van der Waals surface area contributed by atoms with Gasteiger partial charge in [0, 0.05) is 10.7 Å². The van der Waals surface area contributed by atoms with Gasteiger partial charge >= 0.3 is 0 Å². The fraction of sp³-hybridized carbons (Fsp3) is 0.154. The molecular weight excluding hydrogens is 321 g/mol. The van der Waals surface area contributed by atoms with Crippen molar-refractivity contribution in [2.24, 2.45) is 0 Å². The minimum atomic E-state index is -4.03. The van der Waals surface area contributed by atoms with Crippen LogP contribution < -0.4 is 5.32 Å². The lowest BCUT2D eigenvalue weighted by molar-refractivity contribution is 0.0943. The maximum Gasteiger partial charge on any atom is 0.261 e. The van der Waals surface area contributed by atoms with Gasteiger partial charge in [-0.2, -0.15) is 0 Å². The number of rotatable bonds is 4. The molecule has 1 amide bonds. The molecule has 2 aromatic rings. The van der Waals surface area contributed by atoms with Crippen molar-refractivity contribution < 1.29 is 22.0 Å². The highest BCUT2D eigenvalue weighted by Gasteiger charge is 2.17. The van der Waals surface area contributed by atoms with Crippen LogP contribution in [0.15, 0.2) is 39.6 Å². The molecule has 0 bridgehead atoms. The molecule has 0 saturated heterocycles. The van der Waals surface area contributed by atoms with Crippen molar-refractivity contribution in [1.82, 2.24) is 5.32 Å². The highest BCUT2D eigenvalue weighted by atomic mass is 35.7. The number of carbonyl (C=O) groups is 1. The van der Waals surface area contributed by atoms with Gasteiger partial charge in [0.2, 0.25) is 0 Å². The largest absolute Gasteiger partial charge is 0.465 e. The van der Waals surface area contributed by atoms with Crippen LogP contribution in [0.2, 0.25) is 0 Å². The lowest BCUT2D eigenvalue weighted by Crippen LogP contribution is -2.23. The molecule has 1 aromatic carbocycles. The van der Waals surface area contributed by atoms with Gasteiger partial charge in [-0.05, 0) is 37.3 Å². The van der Waals surface area contributed by atoms with Gasteiger partial charge in [-0.25, -0.2) is 12.8 Å². The smallest absolute Gasteiger partial charge is 0.261 e. The van der Waals surface area contributed by atoms with E-state index in [1.54, 1.807) is 19.1 Å². The highest BCUT2D eigenvalue weighted by molar-refractivity contribution is 8.13. The van der Waals surface area contributed by atoms with Crippen LogP contribution in [0.3, 0.4) is 0 Å². The van der Waals surface area contributed by atoms with Crippen LogP contribution in [0.5, 0.6) is 0 Å². The Morgan fingerprint density at radius 1 is 1.33 bits per heavy atom. The summed E-state index contributed by atoms with van der Waals surface area (Å²) < 4.78 is 41.1. The van der Waals surface area contributed by atoms with Crippen LogP contribution in [0.4, 0.5) is 4.39 Å². The van der Waals surface area contributed by atoms with Crippen LogP contribution in [0.1, 0.15) is 21.9 Å². The van der Waals surface area contributed by atoms with Gasteiger partial charge in [-0.15, -0.1) is 0 Å². The average Bonchev–Trinajstić information content (AvgIpc) is 2.80. The van der Waals surface area contributed by atoms with E-state index >= 15 is 0 Å². The normalized spacial score (nSPS) is 11.4. The third-order valence-corrected chi connectivity index (χ3v) is 4.04. The van der Waals surface area contributed by atoms with Gasteiger partial charge in [0.1, 0.15) is 17.3 Å². The number of benzene rings is 1. The summed E-state index contributed by atoms with van der Waals surface area (Å²) in [6, 6.07) is 6.26. The Balaban J connectivity index is 2.12. The highest BCUT2D eigenvalue weighted by Crippen LogP contribution is 2.18. The minimum Gasteiger partial charge on any atom is -0.465 e. The molecule has 0 unspecified atom stereocenters. The van der Waals surface area contributed by atoms with Crippen molar-refractivity contribution in [3.63, 3.8) is 0 Å². The number of hydrogen-bond donors (Lipinski definition) is 1. The van der Waals surface area contributed by atoms with E-state index in [-0.39, 0.29) is 12.1 Å². The summed E-state index contributed by atoms with van der Waals surface area (Å²) in [5, 5.41) is 2.47. The van der Waals surface area contributed by atoms with Crippen LogP contribution in [0.25, 0.3) is 0 Å². The minimum absolute atomic E-state index is 0.0989. The second kappa shape index (κ2) is 5.87. The van der Waals surface area contributed by atoms with Crippen molar-refractivity contribution in [2.45, 2.75) is 18.4 Å². The number of nitrogens with one attached hydrogen (secondary N) is 1. The quantitative estimate of drug-likeness (QED) is 0.874. The predicted molar refractivity (Wildman–Crippen MR) is 74.1 cm³/mol. The Labute approximate surface area is 125 Å². The zero-order valence-electron chi connectivity index (χ0n) is 10.9. The zero-order valence-corrected chi connectivity index (χ0v) is 12.5. The van der Waals surface area contributed by atoms with E-state index < -0.39 is 25.7 Å². The Morgan fingerprint density at radius 2 is 2.05 bits per heavy atom. The SMILES string of the molecule is Cc1ccc(CNC(=O)c2ccc(S(=O)(=O)Cl)cc2F)o1. The van der Waals surface area contributed by atoms with Crippen molar-refractivity contribution in [2.75, 3.05) is 0 Å². The van der Waals surface area contributed by atoms with Crippen LogP contribution in [-0.2, 0) is 15.6 Å². The number of halogens is 2. The Morgan fingerprint density at radius 3 is 2.57 bits per heavy atom. The van der Waals surface area contributed by atoms with E-state index in [1.807, 2.05) is 0 Å². The lowest BCUT2D eigenvalue weighted by atomic mass is 10.2. The number of hydrogen-bond acceptors (Lipinski definition) is 4. The molecule has 8 heteroatoms. The molecule has 5 nitrogen and oxygen atoms in total. The molecule has 0 radical (unpaired) electrons. The first kappa shape index (κ1) is 15.5. The molecule has 2 rings (SSSR count). The molecule has 1 N–H and O–H groups in total. The molecule has 0 aliphatic rings. The second-order valence-corrected chi connectivity index (χ2v) is 6.84. The zero-order chi connectivity index (χ0) is 15.6. The van der Waals surface area contributed by atoms with Gasteiger partial charge in [-0.3, -0.25) is 4.79 Å². The standard InChI is InChI=1S/C13H11ClFNO4S/c1-8-2-3-9(20-8)7-16-13(17)11-5-4-10(6-12(11)15)21(14,18)19/h2-6H,7H2,1H3,(H,16,17). The summed E-state index contributed by atoms with van der Waals surface area (Å²) in [6.45, 7) is 1.86. The Kier molecular flexibility index (Phi) is 4.34. The molecule has 0 atom stereocenters. The molecular formula is C13H11ClFNO4S. The van der Waals surface area contributed by atoms with E-state index in [2.05, 4.69) is 5.32 Å². The average molecular weight is 332 g/mol. The fourth-order valence-electron chi connectivity index (χ4n) is 1.67. The fourth-order valence-corrected chi connectivity index (χ4v) is 2.44. The van der Waals surface area contributed by atoms with Crippen LogP contribution in [-0.4, -0.2) is 14.3 Å². The number of amides is 1. The summed E-state index contributed by atoms with van der Waals surface area (Å²) in [5.74, 6) is -0.423. The molecule has 112 valence electrons. The molecule has 21 heavy (non-hydrogen) atoms. The van der Waals surface area contributed by atoms with Gasteiger partial charge in [0.25, 0.3) is 15.0 Å². The maximum atomic E-state index is 13.8. The van der Waals surface area contributed by atoms with E-state index in [4.69, 9.17) is 15.1 Å². The molecule has 0 fully saturated rings. The number of carbonyl (C=O) groups excluding carboxylic acids is 1. The molecule has 1 heterocycles. The summed E-state index contributed by atoms with van der Waals surface area (Å²) >= 11 is 0. The topological polar surface area (TPSA) is 76.4 Å². The monoisotopic (exact) mass is 331 g/mol. The molecule has 0 spiro atoms. The first-order valence-corrected chi connectivity index (χ1v) is 8.16. The Hall–Kier alpha value is -1.86. The summed E-state index contributed by atoms with van der Waals surface area (Å²) in [5.41, 5.74) is -0.276. The second-order valence-electron chi connectivity index (χ2n) is 4.27. The maximum absolute atomic E-state index is 13.8. The molecule has 1 aromatic heterocycles. The number of aryl methyl sites for hydroxylation is 1. The molecule has 0 aliphatic heterocycles. The van der Waals surface area contributed by atoms with Crippen molar-refractivity contribution in [3.05, 3.63) is 53.2 Å². The summed E-state index contributed by atoms with van der Waals surface area (Å²) in [6.07, 6.45) is 0. The number of furan rings is 1. The van der Waals surface area contributed by atoms with E-state index in [1.165, 1.54) is 0 Å². The first-order valence-electron chi connectivity index (χ1n) is 5.85. The van der Waals surface area contributed by atoms with Gasteiger partial charge in [0.15, 0.2) is 0 Å². The first-order chi connectivity index (χ1) is 9.77. The van der Waals surface area contributed by atoms with E-state index in [0.29, 0.717) is 17.6 Å².